The molecule has 0 aromatic carbocycles. The number of nitrogens with zero attached hydrogens (tertiary/aromatic N) is 3. The Bertz CT molecular complexity index is 501. The van der Waals surface area contributed by atoms with Gasteiger partial charge < -0.3 is 5.73 Å². The molecule has 1 saturated heterocycles. The fraction of sp³-hybridized carbons (Fsp3) is 0.667. The number of sulfonamides is 1. The van der Waals surface area contributed by atoms with Crippen molar-refractivity contribution < 1.29 is 12.8 Å². The third-order valence-corrected chi connectivity index (χ3v) is 4.69. The highest BCUT2D eigenvalue weighted by Gasteiger charge is 2.34. The molecule has 1 aliphatic heterocycles. The van der Waals surface area contributed by atoms with Crippen LogP contribution in [-0.4, -0.2) is 47.8 Å². The quantitative estimate of drug-likeness (QED) is 0.777. The van der Waals surface area contributed by atoms with E-state index in [0.717, 1.165) is 4.31 Å². The van der Waals surface area contributed by atoms with Crippen LogP contribution in [0.1, 0.15) is 6.42 Å². The van der Waals surface area contributed by atoms with Gasteiger partial charge in [-0.3, -0.25) is 4.68 Å². The number of rotatable bonds is 2. The number of alkyl halides is 1. The number of aryl methyl sites for hydroxylation is 1. The van der Waals surface area contributed by atoms with Crippen LogP contribution in [0, 0.1) is 0 Å². The molecule has 2 heterocycles. The number of hydrogen-bond acceptors (Lipinski definition) is 4. The van der Waals surface area contributed by atoms with Crippen LogP contribution in [0.3, 0.4) is 0 Å². The number of aromatic nitrogens is 2. The molecule has 0 bridgehead atoms. The Labute approximate surface area is 99.2 Å². The van der Waals surface area contributed by atoms with Crippen LogP contribution >= 0.6 is 0 Å². The highest BCUT2D eigenvalue weighted by atomic mass is 32.2. The van der Waals surface area contributed by atoms with Gasteiger partial charge in [0.25, 0.3) is 0 Å². The van der Waals surface area contributed by atoms with Gasteiger partial charge in [0.15, 0.2) is 0 Å². The molecule has 1 fully saturated rings. The molecule has 8 heteroatoms. The van der Waals surface area contributed by atoms with Gasteiger partial charge in [0.1, 0.15) is 11.1 Å². The summed E-state index contributed by atoms with van der Waals surface area (Å²) >= 11 is 0. The van der Waals surface area contributed by atoms with Gasteiger partial charge >= 0.3 is 0 Å². The topological polar surface area (TPSA) is 81.2 Å². The number of hydrogen-bond donors (Lipinski definition) is 1. The van der Waals surface area contributed by atoms with E-state index in [4.69, 9.17) is 5.73 Å². The molecule has 96 valence electrons. The maximum absolute atomic E-state index is 13.4. The molecule has 0 saturated carbocycles. The minimum atomic E-state index is -3.64. The molecular formula is C9H15FN4O2S. The van der Waals surface area contributed by atoms with Crippen LogP contribution in [-0.2, 0) is 17.1 Å². The first kappa shape index (κ1) is 12.5. The van der Waals surface area contributed by atoms with Gasteiger partial charge in [0.2, 0.25) is 10.0 Å². The lowest BCUT2D eigenvalue weighted by Crippen LogP contribution is -2.50. The average Bonchev–Trinajstić information content (AvgIpc) is 2.69. The van der Waals surface area contributed by atoms with Crippen molar-refractivity contribution in [2.24, 2.45) is 12.8 Å². The summed E-state index contributed by atoms with van der Waals surface area (Å²) < 4.78 is 40.2. The second-order valence-electron chi connectivity index (χ2n) is 4.18. The first-order valence-electron chi connectivity index (χ1n) is 5.29. The molecule has 0 aliphatic carbocycles. The summed E-state index contributed by atoms with van der Waals surface area (Å²) in [4.78, 5) is 0.0858. The molecule has 0 amide bonds. The summed E-state index contributed by atoms with van der Waals surface area (Å²) in [7, 11) is -2.02. The molecule has 17 heavy (non-hydrogen) atoms. The molecule has 0 spiro atoms. The van der Waals surface area contributed by atoms with E-state index >= 15 is 0 Å². The lowest BCUT2D eigenvalue weighted by Gasteiger charge is -2.31. The van der Waals surface area contributed by atoms with E-state index in [0.29, 0.717) is 6.42 Å². The van der Waals surface area contributed by atoms with Crippen molar-refractivity contribution in [3.05, 3.63) is 12.4 Å². The van der Waals surface area contributed by atoms with Crippen molar-refractivity contribution in [3.63, 3.8) is 0 Å². The van der Waals surface area contributed by atoms with Gasteiger partial charge in [0.05, 0.1) is 6.20 Å². The van der Waals surface area contributed by atoms with Gasteiger partial charge in [-0.1, -0.05) is 0 Å². The maximum Gasteiger partial charge on any atom is 0.246 e. The Balaban J connectivity index is 2.22. The summed E-state index contributed by atoms with van der Waals surface area (Å²) in [6, 6.07) is -0.574. The predicted octanol–water partition coefficient (Wildman–Crippen LogP) is -0.520. The monoisotopic (exact) mass is 262 g/mol. The normalized spacial score (nSPS) is 27.2. The predicted molar refractivity (Wildman–Crippen MR) is 59.5 cm³/mol. The van der Waals surface area contributed by atoms with Crippen molar-refractivity contribution >= 4 is 10.0 Å². The van der Waals surface area contributed by atoms with E-state index < -0.39 is 22.2 Å². The lowest BCUT2D eigenvalue weighted by atomic mass is 10.1. The van der Waals surface area contributed by atoms with E-state index in [1.54, 1.807) is 7.05 Å². The summed E-state index contributed by atoms with van der Waals surface area (Å²) in [5, 5.41) is 3.80. The maximum atomic E-state index is 13.4. The van der Waals surface area contributed by atoms with Crippen LogP contribution in [0.15, 0.2) is 17.3 Å². The number of piperidine rings is 1. The molecule has 1 aliphatic rings. The first-order valence-corrected chi connectivity index (χ1v) is 6.73. The summed E-state index contributed by atoms with van der Waals surface area (Å²) in [6.45, 7) is 0.0667. The number of halogens is 1. The van der Waals surface area contributed by atoms with E-state index in [9.17, 15) is 12.8 Å². The Morgan fingerprint density at radius 1 is 1.59 bits per heavy atom. The van der Waals surface area contributed by atoms with Crippen molar-refractivity contribution in [2.75, 3.05) is 13.1 Å². The Kier molecular flexibility index (Phi) is 3.19. The summed E-state index contributed by atoms with van der Waals surface area (Å²) in [5.41, 5.74) is 5.51. The Morgan fingerprint density at radius 2 is 2.29 bits per heavy atom. The average molecular weight is 262 g/mol. The molecule has 1 aromatic rings. The largest absolute Gasteiger partial charge is 0.325 e. The highest BCUT2D eigenvalue weighted by molar-refractivity contribution is 7.89. The summed E-state index contributed by atoms with van der Waals surface area (Å²) in [5.74, 6) is 0. The van der Waals surface area contributed by atoms with Crippen molar-refractivity contribution in [1.29, 1.82) is 0 Å². The van der Waals surface area contributed by atoms with E-state index in [1.165, 1.54) is 17.1 Å². The van der Waals surface area contributed by atoms with Gasteiger partial charge in [-0.2, -0.15) is 9.40 Å². The molecule has 1 aromatic heterocycles. The standard InChI is InChI=1S/C9H15FN4O2S/c1-13-5-7(4-12-13)17(15,16)14-3-2-9(11)8(10)6-14/h4-5,8-9H,2-3,6,11H2,1H3/t8-,9+/m0/s1. The van der Waals surface area contributed by atoms with Crippen LogP contribution in [0.25, 0.3) is 0 Å². The molecular weight excluding hydrogens is 247 g/mol. The Hall–Kier alpha value is -0.990. The smallest absolute Gasteiger partial charge is 0.246 e. The zero-order valence-corrected chi connectivity index (χ0v) is 10.3. The second kappa shape index (κ2) is 4.35. The minimum Gasteiger partial charge on any atom is -0.325 e. The van der Waals surface area contributed by atoms with Crippen molar-refractivity contribution in [3.8, 4) is 0 Å². The minimum absolute atomic E-state index is 0.0858. The SMILES string of the molecule is Cn1cc(S(=O)(=O)N2CC[C@@H](N)[C@@H](F)C2)cn1. The number of nitrogens with two attached hydrogens (primary N) is 1. The zero-order chi connectivity index (χ0) is 12.6. The fourth-order valence-corrected chi connectivity index (χ4v) is 3.24. The van der Waals surface area contributed by atoms with Crippen LogP contribution in [0.5, 0.6) is 0 Å². The van der Waals surface area contributed by atoms with E-state index in [-0.39, 0.29) is 18.0 Å². The molecule has 0 unspecified atom stereocenters. The van der Waals surface area contributed by atoms with E-state index in [2.05, 4.69) is 5.10 Å². The van der Waals surface area contributed by atoms with Gasteiger partial charge in [-0.25, -0.2) is 12.8 Å². The van der Waals surface area contributed by atoms with Gasteiger partial charge in [-0.15, -0.1) is 0 Å². The fourth-order valence-electron chi connectivity index (χ4n) is 1.79. The van der Waals surface area contributed by atoms with Crippen molar-refractivity contribution in [2.45, 2.75) is 23.5 Å². The van der Waals surface area contributed by atoms with Crippen molar-refractivity contribution in [1.82, 2.24) is 14.1 Å². The molecule has 2 atom stereocenters. The molecule has 6 nitrogen and oxygen atoms in total. The Morgan fingerprint density at radius 3 is 2.82 bits per heavy atom. The molecule has 0 radical (unpaired) electrons. The molecule has 2 N–H and O–H groups in total. The second-order valence-corrected chi connectivity index (χ2v) is 6.12. The van der Waals surface area contributed by atoms with Crippen LogP contribution < -0.4 is 5.73 Å². The first-order chi connectivity index (χ1) is 7.91. The third kappa shape index (κ3) is 2.33. The van der Waals surface area contributed by atoms with E-state index in [1.807, 2.05) is 0 Å². The highest BCUT2D eigenvalue weighted by Crippen LogP contribution is 2.21. The molecule has 2 rings (SSSR count). The van der Waals surface area contributed by atoms with Gasteiger partial charge in [0, 0.05) is 32.4 Å². The lowest BCUT2D eigenvalue weighted by molar-refractivity contribution is 0.176. The zero-order valence-electron chi connectivity index (χ0n) is 9.45. The summed E-state index contributed by atoms with van der Waals surface area (Å²) in [6.07, 6.45) is 1.68. The van der Waals surface area contributed by atoms with Crippen LogP contribution in [0.4, 0.5) is 4.39 Å². The third-order valence-electron chi connectivity index (χ3n) is 2.87. The van der Waals surface area contributed by atoms with Crippen LogP contribution in [0.2, 0.25) is 0 Å². The van der Waals surface area contributed by atoms with Gasteiger partial charge in [-0.05, 0) is 6.42 Å².